The maximum atomic E-state index is 11.8. The molecule has 1 heterocycles. The fourth-order valence-corrected chi connectivity index (χ4v) is 2.12. The van der Waals surface area contributed by atoms with E-state index in [1.807, 2.05) is 0 Å². The first kappa shape index (κ1) is 16.5. The molecule has 0 aromatic heterocycles. The van der Waals surface area contributed by atoms with Crippen molar-refractivity contribution < 1.29 is 23.8 Å². The molecule has 22 heavy (non-hydrogen) atoms. The molecule has 1 fully saturated rings. The highest BCUT2D eigenvalue weighted by Crippen LogP contribution is 2.23. The van der Waals surface area contributed by atoms with Crippen LogP contribution in [0.25, 0.3) is 0 Å². The van der Waals surface area contributed by atoms with E-state index in [9.17, 15) is 9.59 Å². The van der Waals surface area contributed by atoms with Crippen molar-refractivity contribution in [1.82, 2.24) is 5.32 Å². The average Bonchev–Trinajstić information content (AvgIpc) is 2.55. The molecule has 0 radical (unpaired) electrons. The molecular formula is C14H17ClN2O5. The summed E-state index contributed by atoms with van der Waals surface area (Å²) >= 11 is 6.03. The highest BCUT2D eigenvalue weighted by Gasteiger charge is 2.16. The van der Waals surface area contributed by atoms with E-state index in [1.54, 1.807) is 0 Å². The van der Waals surface area contributed by atoms with E-state index in [0.29, 0.717) is 37.6 Å². The Kier molecular flexibility index (Phi) is 6.00. The second-order valence-electron chi connectivity index (χ2n) is 4.59. The molecule has 1 aliphatic heterocycles. The van der Waals surface area contributed by atoms with Crippen LogP contribution in [-0.2, 0) is 14.2 Å². The van der Waals surface area contributed by atoms with Crippen molar-refractivity contribution in [2.24, 2.45) is 0 Å². The lowest BCUT2D eigenvalue weighted by Crippen LogP contribution is -2.41. The second-order valence-corrected chi connectivity index (χ2v) is 5.00. The summed E-state index contributed by atoms with van der Waals surface area (Å²) in [6.45, 7) is 1.89. The number of rotatable bonds is 4. The summed E-state index contributed by atoms with van der Waals surface area (Å²) in [6.07, 6.45) is -0.156. The highest BCUT2D eigenvalue weighted by atomic mass is 35.5. The number of nitrogens with one attached hydrogen (secondary N) is 2. The van der Waals surface area contributed by atoms with Gasteiger partial charge in [0.2, 0.25) is 0 Å². The van der Waals surface area contributed by atoms with E-state index >= 15 is 0 Å². The number of ether oxygens (including phenoxy) is 3. The van der Waals surface area contributed by atoms with Crippen molar-refractivity contribution in [3.8, 4) is 0 Å². The number of methoxy groups -OCH3 is 1. The molecule has 8 heteroatoms. The van der Waals surface area contributed by atoms with Crippen molar-refractivity contribution in [2.45, 2.75) is 6.10 Å². The minimum Gasteiger partial charge on any atom is -0.465 e. The number of urea groups is 1. The molecule has 2 amide bonds. The van der Waals surface area contributed by atoms with Gasteiger partial charge in [0.05, 0.1) is 49.3 Å². The minimum absolute atomic E-state index is 0.156. The fraction of sp³-hybridized carbons (Fsp3) is 0.429. The third-order valence-corrected chi connectivity index (χ3v) is 3.33. The van der Waals surface area contributed by atoms with Crippen molar-refractivity contribution in [3.05, 3.63) is 28.8 Å². The Labute approximate surface area is 132 Å². The van der Waals surface area contributed by atoms with Gasteiger partial charge in [0.1, 0.15) is 0 Å². The Hall–Kier alpha value is -1.83. The van der Waals surface area contributed by atoms with E-state index in [-0.39, 0.29) is 11.1 Å². The normalized spacial score (nSPS) is 17.6. The fourth-order valence-electron chi connectivity index (χ4n) is 1.89. The van der Waals surface area contributed by atoms with Crippen LogP contribution in [0.1, 0.15) is 10.4 Å². The van der Waals surface area contributed by atoms with E-state index in [4.69, 9.17) is 21.1 Å². The molecule has 1 aromatic carbocycles. The van der Waals surface area contributed by atoms with Crippen LogP contribution in [0.5, 0.6) is 0 Å². The number of hydrogen-bond acceptors (Lipinski definition) is 5. The van der Waals surface area contributed by atoms with Crippen LogP contribution in [0, 0.1) is 0 Å². The van der Waals surface area contributed by atoms with Crippen LogP contribution in [0.15, 0.2) is 18.2 Å². The zero-order chi connectivity index (χ0) is 15.9. The van der Waals surface area contributed by atoms with Gasteiger partial charge >= 0.3 is 12.0 Å². The SMILES string of the molecule is COC(=O)c1ccc(NC(=O)NC[C@H]2COCCO2)c(Cl)c1. The Morgan fingerprint density at radius 2 is 2.23 bits per heavy atom. The van der Waals surface area contributed by atoms with Crippen LogP contribution in [0.2, 0.25) is 5.02 Å². The monoisotopic (exact) mass is 328 g/mol. The summed E-state index contributed by atoms with van der Waals surface area (Å²) in [7, 11) is 1.28. The number of carbonyl (C=O) groups is 2. The molecule has 1 atom stereocenters. The van der Waals surface area contributed by atoms with Crippen molar-refractivity contribution in [1.29, 1.82) is 0 Å². The summed E-state index contributed by atoms with van der Waals surface area (Å²) in [5.74, 6) is -0.493. The molecule has 0 spiro atoms. The zero-order valence-electron chi connectivity index (χ0n) is 12.1. The standard InChI is InChI=1S/C14H17ClN2O5/c1-20-13(18)9-2-3-12(11(15)6-9)17-14(19)16-7-10-8-21-4-5-22-10/h2-3,6,10H,4-5,7-8H2,1H3,(H2,16,17,19)/t10-/m0/s1. The molecule has 120 valence electrons. The Bertz CT molecular complexity index is 546. The molecule has 0 aliphatic carbocycles. The van der Waals surface area contributed by atoms with Gasteiger partial charge in [-0.1, -0.05) is 11.6 Å². The van der Waals surface area contributed by atoms with Crippen LogP contribution in [0.4, 0.5) is 10.5 Å². The summed E-state index contributed by atoms with van der Waals surface area (Å²) in [4.78, 5) is 23.2. The molecule has 1 aliphatic rings. The van der Waals surface area contributed by atoms with Gasteiger partial charge in [-0.05, 0) is 18.2 Å². The van der Waals surface area contributed by atoms with Gasteiger partial charge < -0.3 is 24.8 Å². The quantitative estimate of drug-likeness (QED) is 0.821. The molecule has 0 unspecified atom stereocenters. The highest BCUT2D eigenvalue weighted by molar-refractivity contribution is 6.34. The lowest BCUT2D eigenvalue weighted by Gasteiger charge is -2.23. The number of amides is 2. The predicted molar refractivity (Wildman–Crippen MR) is 80.4 cm³/mol. The molecule has 2 rings (SSSR count). The van der Waals surface area contributed by atoms with E-state index in [1.165, 1.54) is 25.3 Å². The number of benzene rings is 1. The largest absolute Gasteiger partial charge is 0.465 e. The molecule has 1 saturated heterocycles. The minimum atomic E-state index is -0.493. The van der Waals surface area contributed by atoms with Crippen molar-refractivity contribution in [2.75, 3.05) is 38.8 Å². The van der Waals surface area contributed by atoms with Gasteiger partial charge in [-0.15, -0.1) is 0 Å². The van der Waals surface area contributed by atoms with E-state index < -0.39 is 12.0 Å². The molecular weight excluding hydrogens is 312 g/mol. The smallest absolute Gasteiger partial charge is 0.337 e. The third kappa shape index (κ3) is 4.59. The number of carbonyl (C=O) groups excluding carboxylic acids is 2. The van der Waals surface area contributed by atoms with Crippen molar-refractivity contribution in [3.63, 3.8) is 0 Å². The Balaban J connectivity index is 1.86. The van der Waals surface area contributed by atoms with Gasteiger partial charge in [0, 0.05) is 6.54 Å². The van der Waals surface area contributed by atoms with Gasteiger partial charge in [0.15, 0.2) is 0 Å². The average molecular weight is 329 g/mol. The Morgan fingerprint density at radius 1 is 1.41 bits per heavy atom. The molecule has 1 aromatic rings. The van der Waals surface area contributed by atoms with Gasteiger partial charge in [-0.2, -0.15) is 0 Å². The summed E-state index contributed by atoms with van der Waals surface area (Å²) in [5.41, 5.74) is 0.707. The number of hydrogen-bond donors (Lipinski definition) is 2. The maximum absolute atomic E-state index is 11.8. The first-order valence-electron chi connectivity index (χ1n) is 6.72. The predicted octanol–water partition coefficient (Wildman–Crippen LogP) is 1.66. The first-order valence-corrected chi connectivity index (χ1v) is 7.10. The molecule has 7 nitrogen and oxygen atoms in total. The number of halogens is 1. The van der Waals surface area contributed by atoms with Gasteiger partial charge in [-0.3, -0.25) is 0 Å². The molecule has 0 bridgehead atoms. The topological polar surface area (TPSA) is 85.9 Å². The summed E-state index contributed by atoms with van der Waals surface area (Å²) < 4.78 is 15.2. The van der Waals surface area contributed by atoms with Crippen LogP contribution in [0.3, 0.4) is 0 Å². The summed E-state index contributed by atoms with van der Waals surface area (Å²) in [6, 6.07) is 4.07. The maximum Gasteiger partial charge on any atom is 0.337 e. The number of anilines is 1. The first-order chi connectivity index (χ1) is 10.6. The molecule has 0 saturated carbocycles. The lowest BCUT2D eigenvalue weighted by atomic mass is 10.2. The van der Waals surface area contributed by atoms with E-state index in [0.717, 1.165) is 0 Å². The van der Waals surface area contributed by atoms with Crippen molar-refractivity contribution >= 4 is 29.3 Å². The van der Waals surface area contributed by atoms with Gasteiger partial charge in [0.25, 0.3) is 0 Å². The molecule has 2 N–H and O–H groups in total. The lowest BCUT2D eigenvalue weighted by molar-refractivity contribution is -0.0852. The second kappa shape index (κ2) is 7.98. The summed E-state index contributed by atoms with van der Waals surface area (Å²) in [5, 5.41) is 5.52. The zero-order valence-corrected chi connectivity index (χ0v) is 12.8. The third-order valence-electron chi connectivity index (χ3n) is 3.01. The van der Waals surface area contributed by atoms with Crippen LogP contribution in [-0.4, -0.2) is 51.6 Å². The Morgan fingerprint density at radius 3 is 2.86 bits per heavy atom. The number of esters is 1. The van der Waals surface area contributed by atoms with E-state index in [2.05, 4.69) is 15.4 Å². The van der Waals surface area contributed by atoms with Gasteiger partial charge in [-0.25, -0.2) is 9.59 Å². The van der Waals surface area contributed by atoms with Crippen LogP contribution >= 0.6 is 11.6 Å². The van der Waals surface area contributed by atoms with Crippen LogP contribution < -0.4 is 10.6 Å².